The molecule has 234 valence electrons. The number of hydroxylamine groups is 1. The van der Waals surface area contributed by atoms with E-state index in [2.05, 4.69) is 24.6 Å². The quantitative estimate of drug-likeness (QED) is 0.125. The summed E-state index contributed by atoms with van der Waals surface area (Å²) in [6.07, 6.45) is 0. The van der Waals surface area contributed by atoms with Gasteiger partial charge in [0, 0.05) is 18.2 Å². The minimum Gasteiger partial charge on any atom is -0.488 e. The Labute approximate surface area is 270 Å². The Bertz CT molecular complexity index is 1710. The van der Waals surface area contributed by atoms with Crippen LogP contribution in [-0.4, -0.2) is 11.8 Å². The van der Waals surface area contributed by atoms with Gasteiger partial charge in [-0.1, -0.05) is 117 Å². The summed E-state index contributed by atoms with van der Waals surface area (Å²) in [6.45, 7) is 5.39. The molecule has 0 aliphatic heterocycles. The zero-order valence-corrected chi connectivity index (χ0v) is 26.1. The molecule has 0 atom stereocenters. The molecule has 5 aromatic carbocycles. The van der Waals surface area contributed by atoms with Gasteiger partial charge in [-0.2, -0.15) is 0 Å². The van der Waals surface area contributed by atoms with E-state index < -0.39 is 0 Å². The van der Waals surface area contributed by atoms with E-state index in [1.807, 2.05) is 103 Å². The Morgan fingerprint density at radius 2 is 1.11 bits per heavy atom. The van der Waals surface area contributed by atoms with Gasteiger partial charge in [-0.05, 0) is 51.9 Å². The molecule has 0 radical (unpaired) electrons. The van der Waals surface area contributed by atoms with Crippen molar-refractivity contribution in [2.45, 2.75) is 46.1 Å². The van der Waals surface area contributed by atoms with Gasteiger partial charge < -0.3 is 14.8 Å². The molecule has 0 unspecified atom stereocenters. The molecule has 0 spiro atoms. The zero-order chi connectivity index (χ0) is 32.1. The molecular weight excluding hydrogens is 576 g/mol. The number of ether oxygens (including phenoxy) is 2. The molecule has 7 heteroatoms. The SMILES string of the molecule is CC(C)c1cc(C(=O)NCc2ccc(C(=O)NOCc3ccccc3)cc2)c(OCc2ccccc2)cc1OCc1ccccc1. The summed E-state index contributed by atoms with van der Waals surface area (Å²) < 4.78 is 12.5. The van der Waals surface area contributed by atoms with Crippen molar-refractivity contribution in [2.24, 2.45) is 0 Å². The first-order valence-corrected chi connectivity index (χ1v) is 15.3. The van der Waals surface area contributed by atoms with Crippen LogP contribution in [0.3, 0.4) is 0 Å². The molecule has 5 aromatic rings. The molecule has 0 saturated heterocycles. The Hall–Kier alpha value is -5.40. The summed E-state index contributed by atoms with van der Waals surface area (Å²) in [5.74, 6) is 0.616. The Kier molecular flexibility index (Phi) is 11.2. The fraction of sp³-hybridized carbons (Fsp3) is 0.179. The number of carbonyl (C=O) groups is 2. The largest absolute Gasteiger partial charge is 0.488 e. The fourth-order valence-corrected chi connectivity index (χ4v) is 4.79. The maximum absolute atomic E-state index is 13.6. The molecule has 0 saturated carbocycles. The third-order valence-corrected chi connectivity index (χ3v) is 7.37. The predicted octanol–water partition coefficient (Wildman–Crippen LogP) is 7.76. The van der Waals surface area contributed by atoms with E-state index in [9.17, 15) is 9.59 Å². The summed E-state index contributed by atoms with van der Waals surface area (Å²) in [5, 5.41) is 3.01. The topological polar surface area (TPSA) is 85.9 Å². The maximum atomic E-state index is 13.6. The summed E-state index contributed by atoms with van der Waals surface area (Å²) >= 11 is 0. The van der Waals surface area contributed by atoms with Crippen LogP contribution in [-0.2, 0) is 31.2 Å². The van der Waals surface area contributed by atoms with E-state index in [1.54, 1.807) is 24.3 Å². The average Bonchev–Trinajstić information content (AvgIpc) is 3.10. The molecule has 0 aliphatic rings. The van der Waals surface area contributed by atoms with Gasteiger partial charge in [0.15, 0.2) is 0 Å². The molecule has 5 rings (SSSR count). The summed E-state index contributed by atoms with van der Waals surface area (Å²) in [5.41, 5.74) is 8.10. The van der Waals surface area contributed by atoms with E-state index in [0.29, 0.717) is 35.8 Å². The van der Waals surface area contributed by atoms with Crippen LogP contribution in [0.15, 0.2) is 127 Å². The normalized spacial score (nSPS) is 10.8. The van der Waals surface area contributed by atoms with Gasteiger partial charge in [0.05, 0.1) is 12.2 Å². The fourth-order valence-electron chi connectivity index (χ4n) is 4.79. The highest BCUT2D eigenvalue weighted by Gasteiger charge is 2.20. The van der Waals surface area contributed by atoms with Crippen LogP contribution in [0.4, 0.5) is 0 Å². The van der Waals surface area contributed by atoms with E-state index in [0.717, 1.165) is 27.8 Å². The van der Waals surface area contributed by atoms with Crippen LogP contribution >= 0.6 is 0 Å². The molecule has 0 aromatic heterocycles. The Morgan fingerprint density at radius 3 is 1.65 bits per heavy atom. The molecule has 2 N–H and O–H groups in total. The predicted molar refractivity (Wildman–Crippen MR) is 178 cm³/mol. The van der Waals surface area contributed by atoms with Gasteiger partial charge in [-0.3, -0.25) is 14.4 Å². The summed E-state index contributed by atoms with van der Waals surface area (Å²) in [7, 11) is 0. The van der Waals surface area contributed by atoms with Gasteiger partial charge in [0.2, 0.25) is 0 Å². The van der Waals surface area contributed by atoms with Crippen molar-refractivity contribution in [2.75, 3.05) is 0 Å². The lowest BCUT2D eigenvalue weighted by Crippen LogP contribution is -2.25. The van der Waals surface area contributed by atoms with Crippen molar-refractivity contribution >= 4 is 11.8 Å². The van der Waals surface area contributed by atoms with Crippen molar-refractivity contribution in [3.8, 4) is 11.5 Å². The summed E-state index contributed by atoms with van der Waals surface area (Å²) in [6, 6.07) is 40.1. The third kappa shape index (κ3) is 9.06. The van der Waals surface area contributed by atoms with E-state index in [1.165, 1.54) is 0 Å². The van der Waals surface area contributed by atoms with Gasteiger partial charge in [-0.15, -0.1) is 0 Å². The van der Waals surface area contributed by atoms with Crippen LogP contribution < -0.4 is 20.3 Å². The molecule has 46 heavy (non-hydrogen) atoms. The number of amides is 2. The highest BCUT2D eigenvalue weighted by molar-refractivity contribution is 5.97. The van der Waals surface area contributed by atoms with Crippen molar-refractivity contribution in [1.82, 2.24) is 10.8 Å². The minimum atomic E-state index is -0.345. The van der Waals surface area contributed by atoms with Crippen molar-refractivity contribution in [3.63, 3.8) is 0 Å². The second-order valence-electron chi connectivity index (χ2n) is 11.2. The highest BCUT2D eigenvalue weighted by atomic mass is 16.6. The van der Waals surface area contributed by atoms with Crippen LogP contribution in [0.1, 0.15) is 68.3 Å². The number of rotatable bonds is 14. The number of nitrogens with one attached hydrogen (secondary N) is 2. The standard InChI is InChI=1S/C39H38N2O5/c1-28(2)34-22-35(37(45-26-31-14-8-4-9-15-31)23-36(34)44-25-30-12-6-3-7-13-30)39(43)40-24-29-18-20-33(21-19-29)38(42)41-46-27-32-16-10-5-11-17-32/h3-23,28H,24-27H2,1-2H3,(H,40,43)(H,41,42). The van der Waals surface area contributed by atoms with Crippen LogP contribution in [0.2, 0.25) is 0 Å². The molecule has 2 amide bonds. The second-order valence-corrected chi connectivity index (χ2v) is 11.2. The molecular formula is C39H38N2O5. The van der Waals surface area contributed by atoms with Crippen LogP contribution in [0.25, 0.3) is 0 Å². The van der Waals surface area contributed by atoms with Crippen molar-refractivity contribution in [1.29, 1.82) is 0 Å². The molecule has 7 nitrogen and oxygen atoms in total. The second kappa shape index (κ2) is 16.1. The summed E-state index contributed by atoms with van der Waals surface area (Å²) in [4.78, 5) is 31.5. The minimum absolute atomic E-state index is 0.107. The van der Waals surface area contributed by atoms with E-state index in [4.69, 9.17) is 14.3 Å². The van der Waals surface area contributed by atoms with Gasteiger partial charge in [0.1, 0.15) is 24.7 Å². The monoisotopic (exact) mass is 614 g/mol. The highest BCUT2D eigenvalue weighted by Crippen LogP contribution is 2.35. The number of hydrogen-bond donors (Lipinski definition) is 2. The lowest BCUT2D eigenvalue weighted by atomic mass is 9.98. The van der Waals surface area contributed by atoms with Gasteiger partial charge in [-0.25, -0.2) is 5.48 Å². The first kappa shape index (κ1) is 32.0. The molecule has 0 fully saturated rings. The Balaban J connectivity index is 1.27. The van der Waals surface area contributed by atoms with Gasteiger partial charge in [0.25, 0.3) is 11.8 Å². The van der Waals surface area contributed by atoms with Crippen molar-refractivity contribution in [3.05, 3.63) is 166 Å². The first-order chi connectivity index (χ1) is 22.5. The van der Waals surface area contributed by atoms with Gasteiger partial charge >= 0.3 is 0 Å². The zero-order valence-electron chi connectivity index (χ0n) is 26.1. The van der Waals surface area contributed by atoms with E-state index >= 15 is 0 Å². The maximum Gasteiger partial charge on any atom is 0.274 e. The molecule has 0 aliphatic carbocycles. The Morgan fingerprint density at radius 1 is 0.587 bits per heavy atom. The molecule has 0 heterocycles. The molecule has 0 bridgehead atoms. The number of carbonyl (C=O) groups excluding carboxylic acids is 2. The van der Waals surface area contributed by atoms with Crippen molar-refractivity contribution < 1.29 is 23.9 Å². The first-order valence-electron chi connectivity index (χ1n) is 15.3. The lowest BCUT2D eigenvalue weighted by Gasteiger charge is -2.19. The number of benzene rings is 5. The third-order valence-electron chi connectivity index (χ3n) is 7.37. The van der Waals surface area contributed by atoms with E-state index in [-0.39, 0.29) is 30.9 Å². The van der Waals surface area contributed by atoms with Crippen LogP contribution in [0.5, 0.6) is 11.5 Å². The van der Waals surface area contributed by atoms with Crippen LogP contribution in [0, 0.1) is 0 Å². The number of hydrogen-bond acceptors (Lipinski definition) is 5. The smallest absolute Gasteiger partial charge is 0.274 e. The lowest BCUT2D eigenvalue weighted by molar-refractivity contribution is 0.0233. The average molecular weight is 615 g/mol.